The molecule has 0 saturated heterocycles. The van der Waals surface area contributed by atoms with Crippen LogP contribution < -0.4 is 10.9 Å². The minimum Gasteiger partial charge on any atom is -0.356 e. The van der Waals surface area contributed by atoms with Gasteiger partial charge in [-0.1, -0.05) is 6.07 Å². The lowest BCUT2D eigenvalue weighted by Gasteiger charge is -2.07. The van der Waals surface area contributed by atoms with E-state index in [0.717, 1.165) is 6.07 Å². The fourth-order valence-electron chi connectivity index (χ4n) is 2.06. The maximum absolute atomic E-state index is 13.0. The van der Waals surface area contributed by atoms with Crippen molar-refractivity contribution in [3.63, 3.8) is 0 Å². The fraction of sp³-hybridized carbons (Fsp3) is 0.250. The van der Waals surface area contributed by atoms with Crippen LogP contribution >= 0.6 is 0 Å². The highest BCUT2D eigenvalue weighted by Gasteiger charge is 2.04. The summed E-state index contributed by atoms with van der Waals surface area (Å²) in [7, 11) is 0. The van der Waals surface area contributed by atoms with E-state index in [4.69, 9.17) is 0 Å². The van der Waals surface area contributed by atoms with Gasteiger partial charge in [-0.2, -0.15) is 0 Å². The highest BCUT2D eigenvalue weighted by Crippen LogP contribution is 2.08. The van der Waals surface area contributed by atoms with Crippen molar-refractivity contribution in [2.45, 2.75) is 19.4 Å². The first kappa shape index (κ1) is 15.9. The number of carbonyl (C=O) groups is 1. The SMILES string of the molecule is O=C(CCn1ccccc1=O)NCCc1cc(F)cc(F)c1. The van der Waals surface area contributed by atoms with Gasteiger partial charge in [-0.25, -0.2) is 8.78 Å². The highest BCUT2D eigenvalue weighted by atomic mass is 19.1. The number of pyridine rings is 1. The molecule has 4 nitrogen and oxygen atoms in total. The van der Waals surface area contributed by atoms with Crippen LogP contribution in [0.3, 0.4) is 0 Å². The number of hydrogen-bond acceptors (Lipinski definition) is 2. The third-order valence-electron chi connectivity index (χ3n) is 3.14. The van der Waals surface area contributed by atoms with E-state index in [1.807, 2.05) is 0 Å². The molecule has 0 aliphatic rings. The molecule has 1 aromatic heterocycles. The number of nitrogens with zero attached hydrogens (tertiary/aromatic N) is 1. The van der Waals surface area contributed by atoms with Crippen molar-refractivity contribution < 1.29 is 13.6 Å². The smallest absolute Gasteiger partial charge is 0.250 e. The van der Waals surface area contributed by atoms with Gasteiger partial charge in [0.05, 0.1) is 0 Å². The Bertz CT molecular complexity index is 693. The van der Waals surface area contributed by atoms with Crippen molar-refractivity contribution in [3.05, 3.63) is 70.1 Å². The normalized spacial score (nSPS) is 10.5. The second-order valence-corrected chi connectivity index (χ2v) is 4.86. The Morgan fingerprint density at radius 1 is 1.14 bits per heavy atom. The van der Waals surface area contributed by atoms with Gasteiger partial charge in [0.25, 0.3) is 5.56 Å². The van der Waals surface area contributed by atoms with E-state index in [-0.39, 0.29) is 24.4 Å². The molecule has 1 heterocycles. The standard InChI is InChI=1S/C16H16F2N2O2/c17-13-9-12(10-14(18)11-13)4-6-19-15(21)5-8-20-7-2-1-3-16(20)22/h1-3,7,9-11H,4-6,8H2,(H,19,21). The van der Waals surface area contributed by atoms with E-state index in [1.165, 1.54) is 22.8 Å². The van der Waals surface area contributed by atoms with Crippen LogP contribution in [0.2, 0.25) is 0 Å². The lowest BCUT2D eigenvalue weighted by molar-refractivity contribution is -0.121. The lowest BCUT2D eigenvalue weighted by atomic mass is 10.1. The van der Waals surface area contributed by atoms with Gasteiger partial charge >= 0.3 is 0 Å². The van der Waals surface area contributed by atoms with Crippen molar-refractivity contribution in [2.24, 2.45) is 0 Å². The average Bonchev–Trinajstić information content (AvgIpc) is 2.45. The van der Waals surface area contributed by atoms with E-state index in [1.54, 1.807) is 18.3 Å². The Balaban J connectivity index is 1.76. The van der Waals surface area contributed by atoms with Gasteiger partial charge in [0.15, 0.2) is 0 Å². The molecule has 2 aromatic rings. The molecule has 1 aromatic carbocycles. The Kier molecular flexibility index (Phi) is 5.41. The minimum absolute atomic E-state index is 0.162. The highest BCUT2D eigenvalue weighted by molar-refractivity contribution is 5.75. The van der Waals surface area contributed by atoms with E-state index < -0.39 is 11.6 Å². The van der Waals surface area contributed by atoms with Crippen molar-refractivity contribution in [1.82, 2.24) is 9.88 Å². The molecule has 22 heavy (non-hydrogen) atoms. The molecule has 0 fully saturated rings. The van der Waals surface area contributed by atoms with Crippen LogP contribution in [0.4, 0.5) is 8.78 Å². The average molecular weight is 306 g/mol. The summed E-state index contributed by atoms with van der Waals surface area (Å²) in [6.07, 6.45) is 2.12. The van der Waals surface area contributed by atoms with Crippen LogP contribution in [0.5, 0.6) is 0 Å². The largest absolute Gasteiger partial charge is 0.356 e. The Morgan fingerprint density at radius 3 is 2.55 bits per heavy atom. The van der Waals surface area contributed by atoms with Crippen molar-refractivity contribution in [1.29, 1.82) is 0 Å². The molecule has 1 N–H and O–H groups in total. The second-order valence-electron chi connectivity index (χ2n) is 4.86. The zero-order valence-electron chi connectivity index (χ0n) is 11.9. The van der Waals surface area contributed by atoms with Crippen LogP contribution in [0.15, 0.2) is 47.4 Å². The number of carbonyl (C=O) groups excluding carboxylic acids is 1. The number of hydrogen-bond donors (Lipinski definition) is 1. The summed E-state index contributed by atoms with van der Waals surface area (Å²) < 4.78 is 27.4. The Labute approximate surface area is 126 Å². The molecule has 0 spiro atoms. The fourth-order valence-corrected chi connectivity index (χ4v) is 2.06. The third kappa shape index (κ3) is 4.80. The number of rotatable bonds is 6. The van der Waals surface area contributed by atoms with Gasteiger partial charge in [-0.3, -0.25) is 9.59 Å². The van der Waals surface area contributed by atoms with Gasteiger partial charge < -0.3 is 9.88 Å². The predicted molar refractivity (Wildman–Crippen MR) is 78.4 cm³/mol. The lowest BCUT2D eigenvalue weighted by Crippen LogP contribution is -2.28. The molecule has 0 bridgehead atoms. The van der Waals surface area contributed by atoms with Crippen LogP contribution in [-0.2, 0) is 17.8 Å². The molecule has 0 atom stereocenters. The minimum atomic E-state index is -0.634. The zero-order valence-corrected chi connectivity index (χ0v) is 11.9. The van der Waals surface area contributed by atoms with E-state index >= 15 is 0 Å². The Hall–Kier alpha value is -2.50. The number of aryl methyl sites for hydroxylation is 1. The maximum atomic E-state index is 13.0. The van der Waals surface area contributed by atoms with Crippen LogP contribution in [0, 0.1) is 11.6 Å². The van der Waals surface area contributed by atoms with Gasteiger partial charge in [0, 0.05) is 37.8 Å². The number of amides is 1. The molecule has 2 rings (SSSR count). The first-order valence-electron chi connectivity index (χ1n) is 6.92. The molecule has 0 aliphatic heterocycles. The van der Waals surface area contributed by atoms with Crippen molar-refractivity contribution in [2.75, 3.05) is 6.54 Å². The van der Waals surface area contributed by atoms with E-state index in [2.05, 4.69) is 5.32 Å². The van der Waals surface area contributed by atoms with Crippen LogP contribution in [0.1, 0.15) is 12.0 Å². The van der Waals surface area contributed by atoms with Gasteiger partial charge in [-0.05, 0) is 30.2 Å². The molecule has 1 amide bonds. The van der Waals surface area contributed by atoms with Crippen LogP contribution in [0.25, 0.3) is 0 Å². The number of halogens is 2. The molecule has 116 valence electrons. The number of aromatic nitrogens is 1. The molecule has 0 unspecified atom stereocenters. The van der Waals surface area contributed by atoms with E-state index in [0.29, 0.717) is 18.5 Å². The Morgan fingerprint density at radius 2 is 1.86 bits per heavy atom. The zero-order chi connectivity index (χ0) is 15.9. The molecule has 0 radical (unpaired) electrons. The first-order chi connectivity index (χ1) is 10.5. The molecule has 0 saturated carbocycles. The molecular formula is C16H16F2N2O2. The van der Waals surface area contributed by atoms with Crippen molar-refractivity contribution in [3.8, 4) is 0 Å². The molecular weight excluding hydrogens is 290 g/mol. The van der Waals surface area contributed by atoms with Gasteiger partial charge in [0.2, 0.25) is 5.91 Å². The summed E-state index contributed by atoms with van der Waals surface area (Å²) in [5, 5.41) is 2.66. The maximum Gasteiger partial charge on any atom is 0.250 e. The van der Waals surface area contributed by atoms with Gasteiger partial charge in [-0.15, -0.1) is 0 Å². The summed E-state index contributed by atoms with van der Waals surface area (Å²) in [6.45, 7) is 0.575. The number of nitrogens with one attached hydrogen (secondary N) is 1. The monoisotopic (exact) mass is 306 g/mol. The molecule has 6 heteroatoms. The summed E-state index contributed by atoms with van der Waals surface area (Å²) in [5.41, 5.74) is 0.322. The summed E-state index contributed by atoms with van der Waals surface area (Å²) in [6, 6.07) is 8.06. The quantitative estimate of drug-likeness (QED) is 0.886. The van der Waals surface area contributed by atoms with Crippen LogP contribution in [-0.4, -0.2) is 17.0 Å². The van der Waals surface area contributed by atoms with E-state index in [9.17, 15) is 18.4 Å². The number of benzene rings is 1. The topological polar surface area (TPSA) is 51.1 Å². The predicted octanol–water partition coefficient (Wildman–Crippen LogP) is 1.88. The third-order valence-corrected chi connectivity index (χ3v) is 3.14. The summed E-state index contributed by atoms with van der Waals surface area (Å²) in [4.78, 5) is 23.1. The summed E-state index contributed by atoms with van der Waals surface area (Å²) in [5.74, 6) is -1.48. The molecule has 0 aliphatic carbocycles. The second kappa shape index (κ2) is 7.49. The first-order valence-corrected chi connectivity index (χ1v) is 6.92. The van der Waals surface area contributed by atoms with Crippen molar-refractivity contribution >= 4 is 5.91 Å². The van der Waals surface area contributed by atoms with Gasteiger partial charge in [0.1, 0.15) is 11.6 Å². The summed E-state index contributed by atoms with van der Waals surface area (Å²) >= 11 is 0.